The summed E-state index contributed by atoms with van der Waals surface area (Å²) in [6, 6.07) is 7.86. The maximum Gasteiger partial charge on any atom is 0.339 e. The molecule has 2 aromatic rings. The lowest BCUT2D eigenvalue weighted by molar-refractivity contribution is -0.120. The predicted octanol–water partition coefficient (Wildman–Crippen LogP) is 5.05. The fraction of sp³-hybridized carbons (Fsp3) is 0.368. The molecule has 0 aliphatic rings. The highest BCUT2D eigenvalue weighted by Crippen LogP contribution is 2.36. The molecule has 0 unspecified atom stereocenters. The minimum Gasteiger partial charge on any atom is -0.478 e. The highest BCUT2D eigenvalue weighted by atomic mass is 32.1. The number of aryl methyl sites for hydroxylation is 1. The number of carbonyl (C=O) groups is 2. The molecule has 1 heterocycles. The molecule has 0 fully saturated rings. The van der Waals surface area contributed by atoms with Crippen molar-refractivity contribution in [3.63, 3.8) is 0 Å². The van der Waals surface area contributed by atoms with Crippen molar-refractivity contribution in [2.45, 2.75) is 40.0 Å². The van der Waals surface area contributed by atoms with Gasteiger partial charge in [0.25, 0.3) is 0 Å². The van der Waals surface area contributed by atoms with Crippen LogP contribution in [0.2, 0.25) is 0 Å². The van der Waals surface area contributed by atoms with E-state index in [-0.39, 0.29) is 17.4 Å². The van der Waals surface area contributed by atoms with Crippen molar-refractivity contribution in [1.29, 1.82) is 0 Å². The van der Waals surface area contributed by atoms with Crippen molar-refractivity contribution in [1.82, 2.24) is 0 Å². The molecule has 0 bridgehead atoms. The molecule has 0 aliphatic heterocycles. The van der Waals surface area contributed by atoms with Gasteiger partial charge in [0.2, 0.25) is 5.91 Å². The van der Waals surface area contributed by atoms with Crippen LogP contribution < -0.4 is 5.32 Å². The summed E-state index contributed by atoms with van der Waals surface area (Å²) < 4.78 is 0. The van der Waals surface area contributed by atoms with Crippen LogP contribution in [0.25, 0.3) is 11.1 Å². The number of aromatic carboxylic acids is 1. The first-order valence-corrected chi connectivity index (χ1v) is 9.14. The number of benzene rings is 1. The Bertz CT molecular complexity index is 715. The van der Waals surface area contributed by atoms with Crippen LogP contribution in [0, 0.1) is 5.92 Å². The van der Waals surface area contributed by atoms with Crippen molar-refractivity contribution >= 4 is 28.2 Å². The molecule has 0 atom stereocenters. The van der Waals surface area contributed by atoms with Crippen LogP contribution in [0.1, 0.15) is 49.5 Å². The van der Waals surface area contributed by atoms with Gasteiger partial charge < -0.3 is 10.4 Å². The lowest BCUT2D eigenvalue weighted by Gasteiger charge is -2.12. The number of carboxylic acids is 1. The summed E-state index contributed by atoms with van der Waals surface area (Å²) >= 11 is 1.26. The summed E-state index contributed by atoms with van der Waals surface area (Å²) in [5.41, 5.74) is 2.87. The number of nitrogens with one attached hydrogen (secondary N) is 1. The van der Waals surface area contributed by atoms with E-state index in [9.17, 15) is 14.7 Å². The molecule has 4 nitrogen and oxygen atoms in total. The first-order chi connectivity index (χ1) is 11.5. The number of carboxylic acid groups (broad SMARTS) is 1. The van der Waals surface area contributed by atoms with Gasteiger partial charge in [0.15, 0.2) is 0 Å². The van der Waals surface area contributed by atoms with Crippen molar-refractivity contribution in [2.24, 2.45) is 5.92 Å². The van der Waals surface area contributed by atoms with Crippen molar-refractivity contribution < 1.29 is 14.7 Å². The van der Waals surface area contributed by atoms with Gasteiger partial charge in [0, 0.05) is 16.9 Å². The normalized spacial score (nSPS) is 10.8. The van der Waals surface area contributed by atoms with E-state index < -0.39 is 5.97 Å². The summed E-state index contributed by atoms with van der Waals surface area (Å²) in [6.07, 6.45) is 2.41. The SMILES string of the molecule is CCc1ccc(-c2csc(NC(=O)C(CC)CC)c2C(=O)O)cc1. The number of carbonyl (C=O) groups excluding carboxylic acids is 1. The summed E-state index contributed by atoms with van der Waals surface area (Å²) in [5.74, 6) is -1.23. The van der Waals surface area contributed by atoms with Gasteiger partial charge in [0.1, 0.15) is 10.6 Å². The molecule has 128 valence electrons. The Morgan fingerprint density at radius 2 is 1.75 bits per heavy atom. The van der Waals surface area contributed by atoms with Crippen LogP contribution in [-0.4, -0.2) is 17.0 Å². The Morgan fingerprint density at radius 3 is 2.25 bits per heavy atom. The van der Waals surface area contributed by atoms with Gasteiger partial charge in [-0.3, -0.25) is 4.79 Å². The fourth-order valence-electron chi connectivity index (χ4n) is 2.67. The predicted molar refractivity (Wildman–Crippen MR) is 98.8 cm³/mol. The molecular weight excluding hydrogens is 322 g/mol. The van der Waals surface area contributed by atoms with Crippen molar-refractivity contribution in [3.05, 3.63) is 40.8 Å². The maximum absolute atomic E-state index is 12.3. The van der Waals surface area contributed by atoms with Crippen LogP contribution in [0.5, 0.6) is 0 Å². The first kappa shape index (κ1) is 18.2. The number of thiophene rings is 1. The molecule has 1 aromatic heterocycles. The quantitative estimate of drug-likeness (QED) is 0.738. The number of amides is 1. The third kappa shape index (κ3) is 3.85. The Morgan fingerprint density at radius 1 is 1.12 bits per heavy atom. The van der Waals surface area contributed by atoms with Crippen LogP contribution in [0.3, 0.4) is 0 Å². The second kappa shape index (κ2) is 8.11. The summed E-state index contributed by atoms with van der Waals surface area (Å²) in [6.45, 7) is 6.00. The summed E-state index contributed by atoms with van der Waals surface area (Å²) in [7, 11) is 0. The number of anilines is 1. The van der Waals surface area contributed by atoms with Gasteiger partial charge in [-0.1, -0.05) is 45.0 Å². The first-order valence-electron chi connectivity index (χ1n) is 8.26. The van der Waals surface area contributed by atoms with Gasteiger partial charge >= 0.3 is 5.97 Å². The second-order valence-corrected chi connectivity index (χ2v) is 6.59. The maximum atomic E-state index is 12.3. The zero-order valence-electron chi connectivity index (χ0n) is 14.3. The van der Waals surface area contributed by atoms with Gasteiger partial charge in [0.05, 0.1) is 0 Å². The smallest absolute Gasteiger partial charge is 0.339 e. The Labute approximate surface area is 146 Å². The van der Waals surface area contributed by atoms with E-state index in [4.69, 9.17) is 0 Å². The molecule has 1 aromatic carbocycles. The fourth-order valence-corrected chi connectivity index (χ4v) is 3.63. The van der Waals surface area contributed by atoms with Gasteiger partial charge in [-0.2, -0.15) is 0 Å². The average molecular weight is 345 g/mol. The Balaban J connectivity index is 2.36. The third-order valence-corrected chi connectivity index (χ3v) is 5.17. The van der Waals surface area contributed by atoms with E-state index in [0.29, 0.717) is 10.6 Å². The molecular formula is C19H23NO3S. The van der Waals surface area contributed by atoms with E-state index in [1.54, 1.807) is 5.38 Å². The Hall–Kier alpha value is -2.14. The number of hydrogen-bond donors (Lipinski definition) is 2. The largest absolute Gasteiger partial charge is 0.478 e. The summed E-state index contributed by atoms with van der Waals surface area (Å²) in [4.78, 5) is 24.0. The van der Waals surface area contributed by atoms with Crippen molar-refractivity contribution in [3.8, 4) is 11.1 Å². The van der Waals surface area contributed by atoms with Crippen LogP contribution in [-0.2, 0) is 11.2 Å². The lowest BCUT2D eigenvalue weighted by Crippen LogP contribution is -2.22. The summed E-state index contributed by atoms with van der Waals surface area (Å²) in [5, 5.41) is 14.6. The highest BCUT2D eigenvalue weighted by Gasteiger charge is 2.23. The van der Waals surface area contributed by atoms with E-state index >= 15 is 0 Å². The molecule has 2 N–H and O–H groups in total. The third-order valence-electron chi connectivity index (χ3n) is 4.27. The number of hydrogen-bond acceptors (Lipinski definition) is 3. The van der Waals surface area contributed by atoms with Gasteiger partial charge in [-0.05, 0) is 30.4 Å². The zero-order valence-corrected chi connectivity index (χ0v) is 15.1. The molecule has 2 rings (SSSR count). The molecule has 0 saturated heterocycles. The number of rotatable bonds is 7. The van der Waals surface area contributed by atoms with Gasteiger partial charge in [-0.15, -0.1) is 11.3 Å². The monoisotopic (exact) mass is 345 g/mol. The van der Waals surface area contributed by atoms with Crippen LogP contribution in [0.15, 0.2) is 29.6 Å². The average Bonchev–Trinajstić information content (AvgIpc) is 2.99. The van der Waals surface area contributed by atoms with E-state index in [2.05, 4.69) is 12.2 Å². The minimum absolute atomic E-state index is 0.0963. The van der Waals surface area contributed by atoms with Crippen molar-refractivity contribution in [2.75, 3.05) is 5.32 Å². The Kier molecular flexibility index (Phi) is 6.15. The molecule has 24 heavy (non-hydrogen) atoms. The second-order valence-electron chi connectivity index (χ2n) is 5.71. The van der Waals surface area contributed by atoms with E-state index in [1.165, 1.54) is 16.9 Å². The van der Waals surface area contributed by atoms with E-state index in [1.807, 2.05) is 38.1 Å². The minimum atomic E-state index is -1.02. The topological polar surface area (TPSA) is 66.4 Å². The molecule has 0 aliphatic carbocycles. The van der Waals surface area contributed by atoms with E-state index in [0.717, 1.165) is 24.8 Å². The molecule has 0 saturated carbocycles. The van der Waals surface area contributed by atoms with Crippen LogP contribution in [0.4, 0.5) is 5.00 Å². The highest BCUT2D eigenvalue weighted by molar-refractivity contribution is 7.15. The van der Waals surface area contributed by atoms with Gasteiger partial charge in [-0.25, -0.2) is 4.79 Å². The lowest BCUT2D eigenvalue weighted by atomic mass is 10.0. The molecule has 1 amide bonds. The molecule has 0 spiro atoms. The van der Waals surface area contributed by atoms with Crippen LogP contribution >= 0.6 is 11.3 Å². The zero-order chi connectivity index (χ0) is 17.7. The molecule has 0 radical (unpaired) electrons. The standard InChI is InChI=1S/C19H23NO3S/c1-4-12-7-9-14(10-8-12)15-11-24-18(16(15)19(22)23)20-17(21)13(5-2)6-3/h7-11,13H,4-6H2,1-3H3,(H,20,21)(H,22,23). The molecule has 5 heteroatoms.